The maximum absolute atomic E-state index is 12.4. The minimum absolute atomic E-state index is 0.0516. The van der Waals surface area contributed by atoms with Crippen molar-refractivity contribution < 1.29 is 14.3 Å². The monoisotopic (exact) mass is 378 g/mol. The summed E-state index contributed by atoms with van der Waals surface area (Å²) in [5, 5.41) is 2.52. The van der Waals surface area contributed by atoms with Gasteiger partial charge in [-0.25, -0.2) is 4.79 Å². The fourth-order valence-corrected chi connectivity index (χ4v) is 3.81. The average molecular weight is 379 g/mol. The molecule has 1 fully saturated rings. The van der Waals surface area contributed by atoms with Gasteiger partial charge < -0.3 is 9.64 Å². The Labute approximate surface area is 155 Å². The van der Waals surface area contributed by atoms with Gasteiger partial charge in [0.1, 0.15) is 6.04 Å². The number of halogens is 1. The molecule has 1 atom stereocenters. The Morgan fingerprint density at radius 1 is 1.12 bits per heavy atom. The van der Waals surface area contributed by atoms with E-state index < -0.39 is 6.04 Å². The van der Waals surface area contributed by atoms with Crippen LogP contribution in [0.1, 0.15) is 21.3 Å². The number of hydrogen-bond acceptors (Lipinski definition) is 5. The highest BCUT2D eigenvalue weighted by molar-refractivity contribution is 7.12. The second kappa shape index (κ2) is 7.99. The third kappa shape index (κ3) is 4.03. The summed E-state index contributed by atoms with van der Waals surface area (Å²) >= 11 is 7.39. The summed E-state index contributed by atoms with van der Waals surface area (Å²) in [5.74, 6) is -0.254. The van der Waals surface area contributed by atoms with E-state index in [1.54, 1.807) is 12.1 Å². The van der Waals surface area contributed by atoms with Crippen molar-refractivity contribution in [3.05, 3.63) is 57.2 Å². The molecule has 0 aliphatic carbocycles. The standard InChI is InChI=1S/C18H19ClN2O3S/c1-24-18(23)16(13-4-6-14(19)7-5-13)20-8-10-21(11-9-20)17(22)15-3-2-12-25-15/h2-7,12,16H,8-11H2,1H3. The highest BCUT2D eigenvalue weighted by atomic mass is 35.5. The molecule has 25 heavy (non-hydrogen) atoms. The van der Waals surface area contributed by atoms with Crippen LogP contribution in [0.5, 0.6) is 0 Å². The van der Waals surface area contributed by atoms with Gasteiger partial charge in [0.25, 0.3) is 5.91 Å². The number of esters is 1. The fraction of sp³-hybridized carbons (Fsp3) is 0.333. The first kappa shape index (κ1) is 17.9. The molecule has 1 aliphatic rings. The van der Waals surface area contributed by atoms with E-state index in [-0.39, 0.29) is 11.9 Å². The van der Waals surface area contributed by atoms with Gasteiger partial charge in [0.2, 0.25) is 0 Å². The largest absolute Gasteiger partial charge is 0.468 e. The summed E-state index contributed by atoms with van der Waals surface area (Å²) in [7, 11) is 1.39. The van der Waals surface area contributed by atoms with Crippen LogP contribution in [0.15, 0.2) is 41.8 Å². The van der Waals surface area contributed by atoms with Gasteiger partial charge in [0.05, 0.1) is 12.0 Å². The Kier molecular flexibility index (Phi) is 5.73. The number of benzene rings is 1. The summed E-state index contributed by atoms with van der Waals surface area (Å²) in [4.78, 5) is 29.4. The van der Waals surface area contributed by atoms with Crippen LogP contribution < -0.4 is 0 Å². The highest BCUT2D eigenvalue weighted by Gasteiger charge is 2.32. The summed E-state index contributed by atoms with van der Waals surface area (Å²) < 4.78 is 4.99. The summed E-state index contributed by atoms with van der Waals surface area (Å²) in [5.41, 5.74) is 0.842. The number of amides is 1. The predicted octanol–water partition coefficient (Wildman–Crippen LogP) is 3.07. The number of ether oxygens (including phenoxy) is 1. The van der Waals surface area contributed by atoms with E-state index in [0.717, 1.165) is 10.4 Å². The molecule has 7 heteroatoms. The number of piperazine rings is 1. The zero-order valence-corrected chi connectivity index (χ0v) is 15.4. The van der Waals surface area contributed by atoms with Crippen molar-refractivity contribution >= 4 is 34.8 Å². The lowest BCUT2D eigenvalue weighted by Crippen LogP contribution is -2.51. The number of thiophene rings is 1. The van der Waals surface area contributed by atoms with E-state index in [4.69, 9.17) is 16.3 Å². The third-order valence-corrected chi connectivity index (χ3v) is 5.42. The molecule has 132 valence electrons. The number of carbonyl (C=O) groups is 2. The zero-order valence-electron chi connectivity index (χ0n) is 13.9. The van der Waals surface area contributed by atoms with Crippen LogP contribution >= 0.6 is 22.9 Å². The second-order valence-electron chi connectivity index (χ2n) is 5.78. The van der Waals surface area contributed by atoms with Gasteiger partial charge in [-0.2, -0.15) is 0 Å². The molecule has 1 aromatic carbocycles. The van der Waals surface area contributed by atoms with E-state index in [1.165, 1.54) is 18.4 Å². The van der Waals surface area contributed by atoms with Crippen LogP contribution in [0, 0.1) is 0 Å². The Morgan fingerprint density at radius 3 is 2.36 bits per heavy atom. The maximum atomic E-state index is 12.4. The quantitative estimate of drug-likeness (QED) is 0.767. The molecule has 1 unspecified atom stereocenters. The minimum atomic E-state index is -0.485. The molecular formula is C18H19ClN2O3S. The number of carbonyl (C=O) groups excluding carboxylic acids is 2. The van der Waals surface area contributed by atoms with Crippen molar-refractivity contribution in [3.8, 4) is 0 Å². The molecule has 0 radical (unpaired) electrons. The van der Waals surface area contributed by atoms with Crippen molar-refractivity contribution in [2.45, 2.75) is 6.04 Å². The molecule has 0 N–H and O–H groups in total. The van der Waals surface area contributed by atoms with Crippen molar-refractivity contribution in [1.29, 1.82) is 0 Å². The van der Waals surface area contributed by atoms with Crippen LogP contribution in [0.25, 0.3) is 0 Å². The molecule has 1 amide bonds. The minimum Gasteiger partial charge on any atom is -0.468 e. The van der Waals surface area contributed by atoms with Crippen molar-refractivity contribution in [1.82, 2.24) is 9.80 Å². The SMILES string of the molecule is COC(=O)C(c1ccc(Cl)cc1)N1CCN(C(=O)c2cccs2)CC1. The predicted molar refractivity (Wildman–Crippen MR) is 98.0 cm³/mol. The molecule has 5 nitrogen and oxygen atoms in total. The van der Waals surface area contributed by atoms with E-state index >= 15 is 0 Å². The van der Waals surface area contributed by atoms with E-state index in [0.29, 0.717) is 31.2 Å². The molecular weight excluding hydrogens is 360 g/mol. The smallest absolute Gasteiger partial charge is 0.327 e. The van der Waals surface area contributed by atoms with Gasteiger partial charge in [0.15, 0.2) is 0 Å². The van der Waals surface area contributed by atoms with Crippen molar-refractivity contribution in [2.24, 2.45) is 0 Å². The number of methoxy groups -OCH3 is 1. The Balaban J connectivity index is 1.71. The molecule has 0 spiro atoms. The first-order valence-electron chi connectivity index (χ1n) is 8.00. The molecule has 2 heterocycles. The second-order valence-corrected chi connectivity index (χ2v) is 7.17. The van der Waals surface area contributed by atoms with Crippen LogP contribution in [-0.2, 0) is 9.53 Å². The summed E-state index contributed by atoms with van der Waals surface area (Å²) in [6.45, 7) is 2.38. The third-order valence-electron chi connectivity index (χ3n) is 4.31. The molecule has 1 aliphatic heterocycles. The molecule has 2 aromatic rings. The van der Waals surface area contributed by atoms with Crippen molar-refractivity contribution in [3.63, 3.8) is 0 Å². The molecule has 3 rings (SSSR count). The number of rotatable bonds is 4. The van der Waals surface area contributed by atoms with Crippen LogP contribution in [0.4, 0.5) is 0 Å². The lowest BCUT2D eigenvalue weighted by molar-refractivity contribution is -0.148. The fourth-order valence-electron chi connectivity index (χ4n) is 2.99. The maximum Gasteiger partial charge on any atom is 0.327 e. The Hall–Kier alpha value is -1.89. The number of hydrogen-bond donors (Lipinski definition) is 0. The van der Waals surface area contributed by atoms with Crippen LogP contribution in [0.3, 0.4) is 0 Å². The molecule has 1 saturated heterocycles. The molecule has 1 aromatic heterocycles. The molecule has 0 bridgehead atoms. The number of nitrogens with zero attached hydrogens (tertiary/aromatic N) is 2. The lowest BCUT2D eigenvalue weighted by Gasteiger charge is -2.38. The van der Waals surface area contributed by atoms with E-state index in [2.05, 4.69) is 0 Å². The Bertz CT molecular complexity index is 725. The summed E-state index contributed by atoms with van der Waals surface area (Å²) in [6, 6.07) is 10.4. The topological polar surface area (TPSA) is 49.9 Å². The van der Waals surface area contributed by atoms with E-state index in [9.17, 15) is 9.59 Å². The van der Waals surface area contributed by atoms with Crippen LogP contribution in [-0.4, -0.2) is 55.0 Å². The van der Waals surface area contributed by atoms with Gasteiger partial charge in [-0.15, -0.1) is 11.3 Å². The van der Waals surface area contributed by atoms with Gasteiger partial charge in [-0.3, -0.25) is 9.69 Å². The van der Waals surface area contributed by atoms with Gasteiger partial charge in [-0.05, 0) is 29.1 Å². The van der Waals surface area contributed by atoms with Crippen LogP contribution in [0.2, 0.25) is 5.02 Å². The van der Waals surface area contributed by atoms with E-state index in [1.807, 2.05) is 39.4 Å². The highest BCUT2D eigenvalue weighted by Crippen LogP contribution is 2.25. The van der Waals surface area contributed by atoms with Gasteiger partial charge in [-0.1, -0.05) is 29.8 Å². The Morgan fingerprint density at radius 2 is 1.80 bits per heavy atom. The van der Waals surface area contributed by atoms with Gasteiger partial charge in [0, 0.05) is 31.2 Å². The van der Waals surface area contributed by atoms with Gasteiger partial charge >= 0.3 is 5.97 Å². The first-order valence-corrected chi connectivity index (χ1v) is 9.26. The average Bonchev–Trinajstić information content (AvgIpc) is 3.18. The summed E-state index contributed by atoms with van der Waals surface area (Å²) in [6.07, 6.45) is 0. The molecule has 0 saturated carbocycles. The first-order chi connectivity index (χ1) is 12.1. The normalized spacial score (nSPS) is 16.5. The zero-order chi connectivity index (χ0) is 17.8. The lowest BCUT2D eigenvalue weighted by atomic mass is 10.0. The van der Waals surface area contributed by atoms with Crippen molar-refractivity contribution in [2.75, 3.05) is 33.3 Å².